The van der Waals surface area contributed by atoms with Crippen molar-refractivity contribution in [2.24, 2.45) is 17.4 Å². The fourth-order valence-corrected chi connectivity index (χ4v) is 1.56. The van der Waals surface area contributed by atoms with Gasteiger partial charge in [-0.1, -0.05) is 26.0 Å². The van der Waals surface area contributed by atoms with Crippen molar-refractivity contribution in [1.29, 1.82) is 0 Å². The van der Waals surface area contributed by atoms with E-state index in [-0.39, 0.29) is 17.9 Å². The second-order valence-electron chi connectivity index (χ2n) is 4.95. The van der Waals surface area contributed by atoms with Gasteiger partial charge in [0.1, 0.15) is 0 Å². The Balaban J connectivity index is 2.50. The molecule has 0 aromatic heterocycles. The molecule has 19 heavy (non-hydrogen) atoms. The molecule has 1 rings (SSSR count). The molecule has 5 nitrogen and oxygen atoms in total. The number of hydrogen-bond donors (Lipinski definition) is 3. The Morgan fingerprint density at radius 3 is 2.58 bits per heavy atom. The molecule has 1 aromatic carbocycles. The number of hydrogen-bond acceptors (Lipinski definition) is 3. The minimum atomic E-state index is -0.477. The van der Waals surface area contributed by atoms with Gasteiger partial charge in [0.15, 0.2) is 0 Å². The summed E-state index contributed by atoms with van der Waals surface area (Å²) < 4.78 is 0. The van der Waals surface area contributed by atoms with E-state index in [9.17, 15) is 9.59 Å². The van der Waals surface area contributed by atoms with E-state index in [4.69, 9.17) is 11.5 Å². The van der Waals surface area contributed by atoms with E-state index in [1.54, 1.807) is 18.2 Å². The molecule has 104 valence electrons. The summed E-state index contributed by atoms with van der Waals surface area (Å²) in [6.45, 7) is 4.33. The lowest BCUT2D eigenvalue weighted by molar-refractivity contribution is -0.121. The van der Waals surface area contributed by atoms with E-state index in [1.807, 2.05) is 19.9 Å². The normalized spacial score (nSPS) is 12.2. The first-order valence-corrected chi connectivity index (χ1v) is 6.31. The van der Waals surface area contributed by atoms with Crippen molar-refractivity contribution in [3.8, 4) is 0 Å². The van der Waals surface area contributed by atoms with Crippen molar-refractivity contribution in [1.82, 2.24) is 5.32 Å². The largest absolute Gasteiger partial charge is 0.366 e. The second kappa shape index (κ2) is 6.89. The number of primary amides is 1. The van der Waals surface area contributed by atoms with Gasteiger partial charge in [-0.05, 0) is 23.6 Å². The third-order valence-corrected chi connectivity index (χ3v) is 2.98. The third-order valence-electron chi connectivity index (χ3n) is 2.98. The number of rotatable bonds is 6. The van der Waals surface area contributed by atoms with Crippen molar-refractivity contribution in [3.05, 3.63) is 35.4 Å². The number of nitrogens with one attached hydrogen (secondary N) is 1. The van der Waals surface area contributed by atoms with E-state index >= 15 is 0 Å². The van der Waals surface area contributed by atoms with Gasteiger partial charge in [0.2, 0.25) is 11.8 Å². The highest BCUT2D eigenvalue weighted by Crippen LogP contribution is 2.06. The van der Waals surface area contributed by atoms with Gasteiger partial charge in [0, 0.05) is 24.6 Å². The van der Waals surface area contributed by atoms with Crippen LogP contribution in [-0.2, 0) is 11.3 Å². The van der Waals surface area contributed by atoms with Crippen LogP contribution < -0.4 is 16.8 Å². The Morgan fingerprint density at radius 1 is 1.32 bits per heavy atom. The smallest absolute Gasteiger partial charge is 0.248 e. The first-order chi connectivity index (χ1) is 8.90. The van der Waals surface area contributed by atoms with E-state index in [0.717, 1.165) is 5.56 Å². The second-order valence-corrected chi connectivity index (χ2v) is 4.95. The molecule has 0 aliphatic rings. The van der Waals surface area contributed by atoms with Gasteiger partial charge < -0.3 is 16.8 Å². The zero-order valence-corrected chi connectivity index (χ0v) is 11.3. The highest BCUT2D eigenvalue weighted by Gasteiger charge is 2.12. The van der Waals surface area contributed by atoms with Gasteiger partial charge in [-0.3, -0.25) is 9.59 Å². The van der Waals surface area contributed by atoms with Crippen LogP contribution in [0.15, 0.2) is 24.3 Å². The van der Waals surface area contributed by atoms with Gasteiger partial charge >= 0.3 is 0 Å². The lowest BCUT2D eigenvalue weighted by Crippen LogP contribution is -2.34. The van der Waals surface area contributed by atoms with E-state index < -0.39 is 5.91 Å². The lowest BCUT2D eigenvalue weighted by atomic mass is 10.0. The van der Waals surface area contributed by atoms with Crippen molar-refractivity contribution < 1.29 is 9.59 Å². The maximum Gasteiger partial charge on any atom is 0.248 e. The molecule has 0 bridgehead atoms. The fraction of sp³-hybridized carbons (Fsp3) is 0.429. The van der Waals surface area contributed by atoms with Crippen molar-refractivity contribution in [2.45, 2.75) is 32.9 Å². The summed E-state index contributed by atoms with van der Waals surface area (Å²) in [6, 6.07) is 6.74. The molecule has 0 saturated carbocycles. The lowest BCUT2D eigenvalue weighted by Gasteiger charge is -2.15. The Bertz CT molecular complexity index is 458. The highest BCUT2D eigenvalue weighted by molar-refractivity contribution is 5.92. The molecule has 1 aromatic rings. The highest BCUT2D eigenvalue weighted by atomic mass is 16.1. The Labute approximate surface area is 113 Å². The molecule has 1 unspecified atom stereocenters. The zero-order chi connectivity index (χ0) is 14.4. The molecule has 0 saturated heterocycles. The predicted molar refractivity (Wildman–Crippen MR) is 74.2 cm³/mol. The Hall–Kier alpha value is -1.88. The summed E-state index contributed by atoms with van der Waals surface area (Å²) >= 11 is 0. The number of benzene rings is 1. The molecule has 0 heterocycles. The van der Waals surface area contributed by atoms with Crippen LogP contribution in [0.25, 0.3) is 0 Å². The summed E-state index contributed by atoms with van der Waals surface area (Å²) in [4.78, 5) is 22.7. The van der Waals surface area contributed by atoms with Crippen LogP contribution in [0, 0.1) is 5.92 Å². The number of amides is 2. The molecular formula is C14H21N3O2. The Morgan fingerprint density at radius 2 is 2.00 bits per heavy atom. The van der Waals surface area contributed by atoms with Gasteiger partial charge in [-0.25, -0.2) is 0 Å². The van der Waals surface area contributed by atoms with Gasteiger partial charge in [0.25, 0.3) is 0 Å². The molecule has 0 radical (unpaired) electrons. The number of carbonyl (C=O) groups excluding carboxylic acids is 2. The monoisotopic (exact) mass is 263 g/mol. The van der Waals surface area contributed by atoms with Gasteiger partial charge in [0.05, 0.1) is 0 Å². The minimum absolute atomic E-state index is 0.0920. The topological polar surface area (TPSA) is 98.2 Å². The van der Waals surface area contributed by atoms with Crippen molar-refractivity contribution in [2.75, 3.05) is 0 Å². The molecule has 0 fully saturated rings. The van der Waals surface area contributed by atoms with Crippen LogP contribution in [0.5, 0.6) is 0 Å². The third kappa shape index (κ3) is 5.09. The van der Waals surface area contributed by atoms with E-state index in [2.05, 4.69) is 5.32 Å². The Kier molecular flexibility index (Phi) is 5.51. The molecule has 0 aliphatic heterocycles. The summed E-state index contributed by atoms with van der Waals surface area (Å²) in [5.41, 5.74) is 12.3. The van der Waals surface area contributed by atoms with Crippen molar-refractivity contribution >= 4 is 11.8 Å². The van der Waals surface area contributed by atoms with Crippen LogP contribution >= 0.6 is 0 Å². The van der Waals surface area contributed by atoms with Gasteiger partial charge in [-0.15, -0.1) is 0 Å². The van der Waals surface area contributed by atoms with Crippen LogP contribution in [0.3, 0.4) is 0 Å². The summed E-state index contributed by atoms with van der Waals surface area (Å²) in [5.74, 6) is -0.301. The van der Waals surface area contributed by atoms with Crippen LogP contribution in [-0.4, -0.2) is 17.9 Å². The summed E-state index contributed by atoms with van der Waals surface area (Å²) in [6.07, 6.45) is 0.299. The van der Waals surface area contributed by atoms with Crippen LogP contribution in [0.2, 0.25) is 0 Å². The minimum Gasteiger partial charge on any atom is -0.366 e. The first kappa shape index (κ1) is 15.2. The SMILES string of the molecule is CC(C)C(N)CC(=O)NCc1cccc(C(N)=O)c1. The molecule has 5 N–H and O–H groups in total. The summed E-state index contributed by atoms with van der Waals surface area (Å²) in [7, 11) is 0. The molecule has 5 heteroatoms. The van der Waals surface area contributed by atoms with Crippen molar-refractivity contribution in [3.63, 3.8) is 0 Å². The van der Waals surface area contributed by atoms with Crippen LogP contribution in [0.1, 0.15) is 36.2 Å². The van der Waals surface area contributed by atoms with Crippen LogP contribution in [0.4, 0.5) is 0 Å². The average Bonchev–Trinajstić information content (AvgIpc) is 2.36. The molecular weight excluding hydrogens is 242 g/mol. The maximum absolute atomic E-state index is 11.7. The van der Waals surface area contributed by atoms with E-state index in [1.165, 1.54) is 0 Å². The summed E-state index contributed by atoms with van der Waals surface area (Å²) in [5, 5.41) is 2.78. The molecule has 0 aliphatic carbocycles. The molecule has 2 amide bonds. The first-order valence-electron chi connectivity index (χ1n) is 6.31. The quantitative estimate of drug-likeness (QED) is 0.707. The standard InChI is InChI=1S/C14H21N3O2/c1-9(2)12(15)7-13(18)17-8-10-4-3-5-11(6-10)14(16)19/h3-6,9,12H,7-8,15H2,1-2H3,(H2,16,19)(H,17,18). The predicted octanol–water partition coefficient (Wildman–Crippen LogP) is 0.775. The molecule has 0 spiro atoms. The van der Waals surface area contributed by atoms with Gasteiger partial charge in [-0.2, -0.15) is 0 Å². The number of nitrogens with two attached hydrogens (primary N) is 2. The molecule has 1 atom stereocenters. The average molecular weight is 263 g/mol. The fourth-order valence-electron chi connectivity index (χ4n) is 1.56. The zero-order valence-electron chi connectivity index (χ0n) is 11.3. The number of carbonyl (C=O) groups is 2. The maximum atomic E-state index is 11.7. The van der Waals surface area contributed by atoms with E-state index in [0.29, 0.717) is 18.5 Å².